The summed E-state index contributed by atoms with van der Waals surface area (Å²) in [5.74, 6) is 0.733. The van der Waals surface area contributed by atoms with E-state index >= 15 is 0 Å². The SMILES string of the molecule is IOc1ccc2nnnn2c1-c1ccccc1. The highest BCUT2D eigenvalue weighted by molar-refractivity contribution is 14.1. The molecule has 0 aliphatic carbocycles. The van der Waals surface area contributed by atoms with Gasteiger partial charge in [-0.2, -0.15) is 4.52 Å². The maximum atomic E-state index is 5.33. The van der Waals surface area contributed by atoms with Crippen molar-refractivity contribution in [2.24, 2.45) is 0 Å². The van der Waals surface area contributed by atoms with E-state index < -0.39 is 0 Å². The van der Waals surface area contributed by atoms with Crippen LogP contribution in [0.1, 0.15) is 0 Å². The molecule has 2 aromatic heterocycles. The van der Waals surface area contributed by atoms with Gasteiger partial charge in [0, 0.05) is 5.56 Å². The van der Waals surface area contributed by atoms with Gasteiger partial charge in [-0.15, -0.1) is 5.10 Å². The lowest BCUT2D eigenvalue weighted by atomic mass is 10.1. The number of nitrogens with zero attached hydrogens (tertiary/aromatic N) is 4. The Morgan fingerprint density at radius 3 is 2.65 bits per heavy atom. The third kappa shape index (κ3) is 1.74. The molecule has 0 saturated heterocycles. The molecule has 0 N–H and O–H groups in total. The van der Waals surface area contributed by atoms with Crippen LogP contribution >= 0.6 is 23.0 Å². The molecule has 3 rings (SSSR count). The van der Waals surface area contributed by atoms with Gasteiger partial charge in [-0.05, 0) is 22.6 Å². The number of tetrazole rings is 1. The summed E-state index contributed by atoms with van der Waals surface area (Å²) >= 11 is 1.85. The molecule has 0 fully saturated rings. The van der Waals surface area contributed by atoms with E-state index in [0.29, 0.717) is 5.65 Å². The van der Waals surface area contributed by atoms with Crippen LogP contribution in [-0.2, 0) is 0 Å². The van der Waals surface area contributed by atoms with Crippen LogP contribution in [0.2, 0.25) is 0 Å². The maximum absolute atomic E-state index is 5.33. The Kier molecular flexibility index (Phi) is 2.63. The highest BCUT2D eigenvalue weighted by atomic mass is 127. The van der Waals surface area contributed by atoms with Crippen LogP contribution in [-0.4, -0.2) is 20.0 Å². The standard InChI is InChI=1S/C11H7IN4O/c12-17-9-6-7-10-13-14-15-16(10)11(9)8-4-2-1-3-5-8/h1-7H. The number of aromatic nitrogens is 4. The van der Waals surface area contributed by atoms with Crippen molar-refractivity contribution in [2.45, 2.75) is 0 Å². The Hall–Kier alpha value is -1.70. The van der Waals surface area contributed by atoms with Crippen LogP contribution in [0.15, 0.2) is 42.5 Å². The Morgan fingerprint density at radius 2 is 1.88 bits per heavy atom. The molecular formula is C11H7IN4O. The largest absolute Gasteiger partial charge is 0.425 e. The number of hydrogen-bond donors (Lipinski definition) is 0. The zero-order valence-electron chi connectivity index (χ0n) is 8.62. The van der Waals surface area contributed by atoms with Crippen LogP contribution in [0.5, 0.6) is 5.75 Å². The first-order chi connectivity index (χ1) is 8.40. The summed E-state index contributed by atoms with van der Waals surface area (Å²) in [6.45, 7) is 0. The molecule has 0 amide bonds. The number of pyridine rings is 1. The number of hydrogen-bond acceptors (Lipinski definition) is 4. The van der Waals surface area contributed by atoms with Gasteiger partial charge in [0.05, 0.1) is 0 Å². The first kappa shape index (κ1) is 10.5. The van der Waals surface area contributed by atoms with Gasteiger partial charge in [0.1, 0.15) is 5.69 Å². The molecule has 0 aliphatic heterocycles. The highest BCUT2D eigenvalue weighted by Gasteiger charge is 2.12. The molecule has 0 atom stereocenters. The molecule has 0 bridgehead atoms. The summed E-state index contributed by atoms with van der Waals surface area (Å²) in [7, 11) is 0. The van der Waals surface area contributed by atoms with Gasteiger partial charge in [0.25, 0.3) is 0 Å². The minimum atomic E-state index is 0.695. The maximum Gasteiger partial charge on any atom is 0.192 e. The van der Waals surface area contributed by atoms with Gasteiger partial charge in [-0.1, -0.05) is 30.3 Å². The molecule has 0 aliphatic rings. The van der Waals surface area contributed by atoms with Crippen molar-refractivity contribution in [1.29, 1.82) is 0 Å². The third-order valence-corrected chi connectivity index (χ3v) is 2.93. The van der Waals surface area contributed by atoms with Gasteiger partial charge in [0.15, 0.2) is 34.4 Å². The number of halogens is 1. The lowest BCUT2D eigenvalue weighted by Gasteiger charge is -2.07. The van der Waals surface area contributed by atoms with Crippen molar-refractivity contribution < 1.29 is 3.07 Å². The summed E-state index contributed by atoms with van der Waals surface area (Å²) in [5, 5.41) is 11.6. The summed E-state index contributed by atoms with van der Waals surface area (Å²) in [6.07, 6.45) is 0. The van der Waals surface area contributed by atoms with E-state index in [1.165, 1.54) is 0 Å². The Labute approximate surface area is 111 Å². The van der Waals surface area contributed by atoms with Crippen LogP contribution in [0, 0.1) is 0 Å². The second-order valence-electron chi connectivity index (χ2n) is 3.44. The molecule has 84 valence electrons. The summed E-state index contributed by atoms with van der Waals surface area (Å²) in [6, 6.07) is 13.6. The first-order valence-electron chi connectivity index (χ1n) is 4.95. The lowest BCUT2D eigenvalue weighted by Crippen LogP contribution is -1.96. The highest BCUT2D eigenvalue weighted by Crippen LogP contribution is 2.30. The van der Waals surface area contributed by atoms with Crippen molar-refractivity contribution in [3.05, 3.63) is 42.5 Å². The minimum Gasteiger partial charge on any atom is -0.425 e. The van der Waals surface area contributed by atoms with Crippen molar-refractivity contribution >= 4 is 28.7 Å². The minimum absolute atomic E-state index is 0.695. The number of fused-ring (bicyclic) bond motifs is 1. The molecule has 5 nitrogen and oxygen atoms in total. The molecule has 1 aromatic carbocycles. The van der Waals surface area contributed by atoms with Crippen molar-refractivity contribution in [2.75, 3.05) is 0 Å². The lowest BCUT2D eigenvalue weighted by molar-refractivity contribution is 0.703. The normalized spacial score (nSPS) is 10.6. The smallest absolute Gasteiger partial charge is 0.192 e. The van der Waals surface area contributed by atoms with E-state index in [4.69, 9.17) is 3.07 Å². The molecule has 6 heteroatoms. The quantitative estimate of drug-likeness (QED) is 0.674. The van der Waals surface area contributed by atoms with E-state index in [-0.39, 0.29) is 0 Å². The fraction of sp³-hybridized carbons (Fsp3) is 0. The van der Waals surface area contributed by atoms with Crippen LogP contribution in [0.4, 0.5) is 0 Å². The van der Waals surface area contributed by atoms with Gasteiger partial charge in [-0.25, -0.2) is 0 Å². The third-order valence-electron chi connectivity index (χ3n) is 2.45. The van der Waals surface area contributed by atoms with Gasteiger partial charge in [0.2, 0.25) is 0 Å². The molecule has 3 aromatic rings. The van der Waals surface area contributed by atoms with Gasteiger partial charge >= 0.3 is 0 Å². The second-order valence-corrected chi connectivity index (χ2v) is 3.88. The van der Waals surface area contributed by atoms with E-state index in [1.54, 1.807) is 4.52 Å². The molecule has 0 spiro atoms. The predicted molar refractivity (Wildman–Crippen MR) is 70.9 cm³/mol. The van der Waals surface area contributed by atoms with Crippen LogP contribution in [0.25, 0.3) is 16.9 Å². The molecule has 17 heavy (non-hydrogen) atoms. The Bertz CT molecular complexity index is 653. The van der Waals surface area contributed by atoms with Gasteiger partial charge in [-0.3, -0.25) is 0 Å². The summed E-state index contributed by atoms with van der Waals surface area (Å²) < 4.78 is 7.00. The number of rotatable bonds is 2. The predicted octanol–water partition coefficient (Wildman–Crippen LogP) is 2.52. The molecular weight excluding hydrogens is 331 g/mol. The molecule has 0 unspecified atom stereocenters. The average molecular weight is 338 g/mol. The molecule has 0 radical (unpaired) electrons. The number of benzene rings is 1. The fourth-order valence-electron chi connectivity index (χ4n) is 1.71. The monoisotopic (exact) mass is 338 g/mol. The fourth-order valence-corrected chi connectivity index (χ4v) is 2.07. The molecule has 2 heterocycles. The molecule has 0 saturated carbocycles. The first-order valence-corrected chi connectivity index (χ1v) is 5.83. The summed E-state index contributed by atoms with van der Waals surface area (Å²) in [4.78, 5) is 0. The topological polar surface area (TPSA) is 52.3 Å². The van der Waals surface area contributed by atoms with Crippen molar-refractivity contribution in [3.63, 3.8) is 0 Å². The zero-order chi connectivity index (χ0) is 11.7. The van der Waals surface area contributed by atoms with E-state index in [1.807, 2.05) is 65.5 Å². The summed E-state index contributed by atoms with van der Waals surface area (Å²) in [5.41, 5.74) is 2.56. The van der Waals surface area contributed by atoms with E-state index in [0.717, 1.165) is 17.0 Å². The van der Waals surface area contributed by atoms with E-state index in [2.05, 4.69) is 15.5 Å². The van der Waals surface area contributed by atoms with Crippen LogP contribution in [0.3, 0.4) is 0 Å². The Balaban J connectivity index is 2.36. The van der Waals surface area contributed by atoms with Crippen molar-refractivity contribution in [3.8, 4) is 17.0 Å². The van der Waals surface area contributed by atoms with Crippen LogP contribution < -0.4 is 3.07 Å². The average Bonchev–Trinajstić information content (AvgIpc) is 2.86. The Morgan fingerprint density at radius 1 is 1.06 bits per heavy atom. The second kappa shape index (κ2) is 4.28. The van der Waals surface area contributed by atoms with Crippen molar-refractivity contribution in [1.82, 2.24) is 20.0 Å². The van der Waals surface area contributed by atoms with E-state index in [9.17, 15) is 0 Å². The zero-order valence-corrected chi connectivity index (χ0v) is 10.8. The van der Waals surface area contributed by atoms with Gasteiger partial charge < -0.3 is 3.07 Å².